The largest absolute Gasteiger partial charge is 0.540 e. The van der Waals surface area contributed by atoms with Gasteiger partial charge in [0.05, 0.1) is 11.6 Å². The summed E-state index contributed by atoms with van der Waals surface area (Å²) in [7, 11) is 0. The SMILES string of the molecule is Cc1cccc(C)c1OCC(C)NC(=O)Nc1ccc2c(c1)C(F)(F)OC(F)(F)O2. The van der Waals surface area contributed by atoms with Crippen LogP contribution in [0.25, 0.3) is 0 Å². The number of anilines is 1. The van der Waals surface area contributed by atoms with E-state index in [0.29, 0.717) is 0 Å². The number of alkyl halides is 4. The number of para-hydroxylation sites is 1. The van der Waals surface area contributed by atoms with Crippen LogP contribution in [0.4, 0.5) is 28.0 Å². The second kappa shape index (κ2) is 8.02. The fourth-order valence-corrected chi connectivity index (χ4v) is 2.95. The number of carbonyl (C=O) groups excluding carboxylic acids is 1. The first-order valence-electron chi connectivity index (χ1n) is 9.03. The number of benzene rings is 2. The van der Waals surface area contributed by atoms with Crippen molar-refractivity contribution in [3.8, 4) is 11.5 Å². The lowest BCUT2D eigenvalue weighted by Crippen LogP contribution is -2.41. The minimum absolute atomic E-state index is 0.0498. The van der Waals surface area contributed by atoms with Crippen molar-refractivity contribution in [1.82, 2.24) is 5.32 Å². The number of urea groups is 1. The summed E-state index contributed by atoms with van der Waals surface area (Å²) in [4.78, 5) is 12.2. The first-order valence-corrected chi connectivity index (χ1v) is 9.03. The van der Waals surface area contributed by atoms with Crippen molar-refractivity contribution in [2.75, 3.05) is 11.9 Å². The van der Waals surface area contributed by atoms with Gasteiger partial charge in [0.1, 0.15) is 18.1 Å². The molecule has 1 aliphatic rings. The van der Waals surface area contributed by atoms with E-state index in [0.717, 1.165) is 35.1 Å². The van der Waals surface area contributed by atoms with Crippen LogP contribution in [0.3, 0.4) is 0 Å². The molecular weight excluding hydrogens is 408 g/mol. The van der Waals surface area contributed by atoms with Gasteiger partial charge in [-0.1, -0.05) is 18.2 Å². The first kappa shape index (κ1) is 21.7. The number of hydrogen-bond donors (Lipinski definition) is 2. The van der Waals surface area contributed by atoms with Crippen molar-refractivity contribution < 1.29 is 36.6 Å². The van der Waals surface area contributed by atoms with Crippen LogP contribution in [0, 0.1) is 13.8 Å². The maximum Gasteiger partial charge on any atom is 0.540 e. The van der Waals surface area contributed by atoms with E-state index in [2.05, 4.69) is 20.1 Å². The minimum atomic E-state index is -4.45. The Kier molecular flexibility index (Phi) is 5.80. The van der Waals surface area contributed by atoms with Crippen molar-refractivity contribution in [3.05, 3.63) is 53.1 Å². The zero-order chi connectivity index (χ0) is 22.1. The number of amides is 2. The molecule has 6 nitrogen and oxygen atoms in total. The Balaban J connectivity index is 1.60. The molecule has 0 aromatic heterocycles. The standard InChI is InChI=1S/C20H20F4N2O4/c1-11-5-4-6-12(2)17(11)28-10-13(3)25-18(27)26-14-7-8-16-15(9-14)19(21,22)30-20(23,24)29-16/h4-9,13H,10H2,1-3H3,(H2,25,26,27). The van der Waals surface area contributed by atoms with E-state index in [1.54, 1.807) is 6.92 Å². The molecule has 1 aliphatic heterocycles. The van der Waals surface area contributed by atoms with E-state index in [1.165, 1.54) is 0 Å². The summed E-state index contributed by atoms with van der Waals surface area (Å²) in [6, 6.07) is 7.50. The first-order chi connectivity index (χ1) is 14.0. The Morgan fingerprint density at radius 3 is 2.47 bits per heavy atom. The van der Waals surface area contributed by atoms with Gasteiger partial charge in [-0.2, -0.15) is 8.78 Å². The van der Waals surface area contributed by atoms with Crippen LogP contribution in [0.15, 0.2) is 36.4 Å². The number of fused-ring (bicyclic) bond motifs is 1. The quantitative estimate of drug-likeness (QED) is 0.665. The van der Waals surface area contributed by atoms with Crippen LogP contribution in [0.5, 0.6) is 11.5 Å². The van der Waals surface area contributed by atoms with Gasteiger partial charge in [0.25, 0.3) is 0 Å². The average Bonchev–Trinajstić information content (AvgIpc) is 2.60. The van der Waals surface area contributed by atoms with Gasteiger partial charge in [-0.3, -0.25) is 0 Å². The topological polar surface area (TPSA) is 68.8 Å². The fourth-order valence-electron chi connectivity index (χ4n) is 2.95. The van der Waals surface area contributed by atoms with E-state index >= 15 is 0 Å². The maximum absolute atomic E-state index is 13.8. The van der Waals surface area contributed by atoms with Gasteiger partial charge in [-0.25, -0.2) is 9.53 Å². The lowest BCUT2D eigenvalue weighted by atomic mass is 10.1. The van der Waals surface area contributed by atoms with Crippen molar-refractivity contribution in [3.63, 3.8) is 0 Å². The summed E-state index contributed by atoms with van der Waals surface area (Å²) < 4.78 is 67.0. The molecular formula is C20H20F4N2O4. The van der Waals surface area contributed by atoms with Gasteiger partial charge < -0.3 is 20.1 Å². The molecule has 3 rings (SSSR count). The molecule has 2 amide bonds. The highest BCUT2D eigenvalue weighted by atomic mass is 19.3. The fraction of sp³-hybridized carbons (Fsp3) is 0.350. The molecule has 0 radical (unpaired) electrons. The second-order valence-corrected chi connectivity index (χ2v) is 6.93. The molecule has 0 spiro atoms. The molecule has 0 bridgehead atoms. The number of hydrogen-bond acceptors (Lipinski definition) is 4. The van der Waals surface area contributed by atoms with Crippen molar-refractivity contribution in [2.24, 2.45) is 0 Å². The van der Waals surface area contributed by atoms with Crippen LogP contribution >= 0.6 is 0 Å². The van der Waals surface area contributed by atoms with Crippen LogP contribution < -0.4 is 20.1 Å². The Bertz CT molecular complexity index is 932. The molecule has 2 aromatic carbocycles. The number of nitrogens with one attached hydrogen (secondary N) is 2. The third-order valence-electron chi connectivity index (χ3n) is 4.29. The van der Waals surface area contributed by atoms with Gasteiger partial charge in [-0.05, 0) is 50.1 Å². The number of ether oxygens (including phenoxy) is 3. The lowest BCUT2D eigenvalue weighted by Gasteiger charge is -2.30. The minimum Gasteiger partial charge on any atom is -0.491 e. The van der Waals surface area contributed by atoms with Crippen molar-refractivity contribution >= 4 is 11.7 Å². The Morgan fingerprint density at radius 1 is 1.13 bits per heavy atom. The number of aryl methyl sites for hydroxylation is 2. The van der Waals surface area contributed by atoms with Gasteiger partial charge in [0.15, 0.2) is 0 Å². The maximum atomic E-state index is 13.8. The summed E-state index contributed by atoms with van der Waals surface area (Å²) in [5, 5.41) is 4.97. The number of carbonyl (C=O) groups is 1. The molecule has 1 unspecified atom stereocenters. The van der Waals surface area contributed by atoms with E-state index < -0.39 is 35.8 Å². The average molecular weight is 428 g/mol. The van der Waals surface area contributed by atoms with E-state index in [4.69, 9.17) is 4.74 Å². The van der Waals surface area contributed by atoms with E-state index in [-0.39, 0.29) is 12.3 Å². The summed E-state index contributed by atoms with van der Waals surface area (Å²) in [5.74, 6) is -0.0159. The molecule has 2 N–H and O–H groups in total. The highest BCUT2D eigenvalue weighted by Gasteiger charge is 2.54. The molecule has 1 atom stereocenters. The number of halogens is 4. The van der Waals surface area contributed by atoms with Gasteiger partial charge in [-0.15, -0.1) is 8.78 Å². The van der Waals surface area contributed by atoms with Crippen LogP contribution in [-0.2, 0) is 10.8 Å². The second-order valence-electron chi connectivity index (χ2n) is 6.93. The highest BCUT2D eigenvalue weighted by Crippen LogP contribution is 2.46. The normalized spacial score (nSPS) is 17.3. The lowest BCUT2D eigenvalue weighted by molar-refractivity contribution is -0.461. The van der Waals surface area contributed by atoms with Crippen LogP contribution in [0.1, 0.15) is 23.6 Å². The molecule has 0 saturated heterocycles. The van der Waals surface area contributed by atoms with Gasteiger partial charge in [0.2, 0.25) is 0 Å². The molecule has 1 heterocycles. The third kappa shape index (κ3) is 4.93. The zero-order valence-electron chi connectivity index (χ0n) is 16.4. The van der Waals surface area contributed by atoms with E-state index in [1.807, 2.05) is 32.0 Å². The highest BCUT2D eigenvalue weighted by molar-refractivity contribution is 5.89. The smallest absolute Gasteiger partial charge is 0.491 e. The van der Waals surface area contributed by atoms with Crippen LogP contribution in [-0.4, -0.2) is 25.0 Å². The molecule has 10 heteroatoms. The summed E-state index contributed by atoms with van der Waals surface area (Å²) >= 11 is 0. The zero-order valence-corrected chi connectivity index (χ0v) is 16.4. The number of rotatable bonds is 5. The predicted octanol–water partition coefficient (Wildman–Crippen LogP) is 4.90. The Morgan fingerprint density at radius 2 is 1.80 bits per heavy atom. The van der Waals surface area contributed by atoms with Crippen molar-refractivity contribution in [1.29, 1.82) is 0 Å². The summed E-state index contributed by atoms with van der Waals surface area (Å²) in [6.45, 7) is 5.70. The molecule has 0 saturated carbocycles. The predicted molar refractivity (Wildman–Crippen MR) is 100 cm³/mol. The monoisotopic (exact) mass is 428 g/mol. The van der Waals surface area contributed by atoms with Gasteiger partial charge >= 0.3 is 18.4 Å². The molecule has 30 heavy (non-hydrogen) atoms. The molecule has 162 valence electrons. The van der Waals surface area contributed by atoms with Gasteiger partial charge in [0, 0.05) is 5.69 Å². The Hall–Kier alpha value is -3.01. The third-order valence-corrected chi connectivity index (χ3v) is 4.29. The summed E-state index contributed by atoms with van der Waals surface area (Å²) in [6.07, 6.45) is -8.73. The van der Waals surface area contributed by atoms with Crippen molar-refractivity contribution in [2.45, 2.75) is 39.2 Å². The van der Waals surface area contributed by atoms with E-state index in [9.17, 15) is 22.4 Å². The molecule has 0 aliphatic carbocycles. The molecule has 2 aromatic rings. The molecule has 0 fully saturated rings. The summed E-state index contributed by atoms with van der Waals surface area (Å²) in [5.41, 5.74) is 0.942. The van der Waals surface area contributed by atoms with Crippen LogP contribution in [0.2, 0.25) is 0 Å². The Labute approximate surface area is 170 Å².